The summed E-state index contributed by atoms with van der Waals surface area (Å²) < 4.78 is 2.41. The second kappa shape index (κ2) is 11.0. The molecule has 0 saturated heterocycles. The lowest BCUT2D eigenvalue weighted by atomic mass is 10.0. The predicted octanol–water partition coefficient (Wildman–Crippen LogP) is 11.4. The van der Waals surface area contributed by atoms with Gasteiger partial charge in [-0.15, -0.1) is 0 Å². The summed E-state index contributed by atoms with van der Waals surface area (Å²) in [5, 5.41) is 9.42. The second-order valence-corrected chi connectivity index (χ2v) is 12.4. The van der Waals surface area contributed by atoms with E-state index in [1.54, 1.807) is 0 Å². The van der Waals surface area contributed by atoms with Gasteiger partial charge in [-0.1, -0.05) is 140 Å². The summed E-state index contributed by atoms with van der Waals surface area (Å²) in [5.74, 6) is 1.95. The number of rotatable bonds is 4. The quantitative estimate of drug-likeness (QED) is 0.196. The zero-order valence-corrected chi connectivity index (χ0v) is 26.5. The summed E-state index contributed by atoms with van der Waals surface area (Å²) in [6, 6.07) is 59.8. The number of nitrogens with zero attached hydrogens (tertiary/aromatic N) is 4. The maximum absolute atomic E-state index is 5.20. The Labute approximate surface area is 282 Å². The van der Waals surface area contributed by atoms with Gasteiger partial charge in [0.25, 0.3) is 0 Å². The smallest absolute Gasteiger partial charge is 0.164 e. The first kappa shape index (κ1) is 27.5. The van der Waals surface area contributed by atoms with Crippen molar-refractivity contribution in [3.05, 3.63) is 170 Å². The molecule has 0 aliphatic carbocycles. The summed E-state index contributed by atoms with van der Waals surface area (Å²) in [7, 11) is 0. The summed E-state index contributed by atoms with van der Waals surface area (Å²) in [5.41, 5.74) is 6.38. The van der Waals surface area contributed by atoms with Gasteiger partial charge in [-0.05, 0) is 57.3 Å². The van der Waals surface area contributed by atoms with Crippen molar-refractivity contribution in [3.63, 3.8) is 0 Å². The lowest BCUT2D eigenvalue weighted by Gasteiger charge is -2.15. The van der Waals surface area contributed by atoms with Crippen LogP contribution in [0.4, 0.5) is 0 Å². The molecule has 0 N–H and O–H groups in total. The van der Waals surface area contributed by atoms with Gasteiger partial charge in [0.1, 0.15) is 0 Å². The van der Waals surface area contributed by atoms with Crippen LogP contribution in [0, 0.1) is 0 Å². The lowest BCUT2D eigenvalue weighted by molar-refractivity contribution is 1.08. The predicted molar refractivity (Wildman–Crippen MR) is 203 cm³/mol. The molecule has 0 atom stereocenters. The van der Waals surface area contributed by atoms with Crippen molar-refractivity contribution < 1.29 is 0 Å². The van der Waals surface area contributed by atoms with Crippen molar-refractivity contribution in [2.45, 2.75) is 0 Å². The average Bonchev–Trinajstić information content (AvgIpc) is 3.49. The third kappa shape index (κ3) is 4.42. The molecule has 0 aliphatic rings. The topological polar surface area (TPSA) is 43.6 Å². The van der Waals surface area contributed by atoms with E-state index in [9.17, 15) is 0 Å². The van der Waals surface area contributed by atoms with Gasteiger partial charge in [0.05, 0.1) is 16.7 Å². The Kier molecular flexibility index (Phi) is 6.15. The fraction of sp³-hybridized carbons (Fsp3) is 0. The number of hydrogen-bond acceptors (Lipinski definition) is 3. The van der Waals surface area contributed by atoms with E-state index in [0.717, 1.165) is 43.9 Å². The summed E-state index contributed by atoms with van der Waals surface area (Å²) in [6.07, 6.45) is 0. The van der Waals surface area contributed by atoms with Crippen molar-refractivity contribution in [3.8, 4) is 39.9 Å². The SMILES string of the molecule is c1ccc(-c2nc(-c3cccc4ccccc34)nc(-c3ccc(-n4c5ccccc5c5cc6ccccc6cc54)c4ccccc34)n2)cc1. The van der Waals surface area contributed by atoms with Crippen molar-refractivity contribution in [2.75, 3.05) is 0 Å². The minimum absolute atomic E-state index is 0.646. The molecular weight excluding hydrogens is 597 g/mol. The fourth-order valence-electron chi connectivity index (χ4n) is 7.34. The van der Waals surface area contributed by atoms with E-state index in [1.165, 1.54) is 32.6 Å². The molecule has 0 saturated carbocycles. The number of aromatic nitrogens is 4. The molecule has 0 spiro atoms. The molecule has 4 heteroatoms. The van der Waals surface area contributed by atoms with E-state index >= 15 is 0 Å². The molecule has 0 fully saturated rings. The highest BCUT2D eigenvalue weighted by Gasteiger charge is 2.19. The van der Waals surface area contributed by atoms with E-state index < -0.39 is 0 Å². The first-order valence-electron chi connectivity index (χ1n) is 16.5. The van der Waals surface area contributed by atoms with E-state index in [-0.39, 0.29) is 0 Å². The molecule has 0 radical (unpaired) electrons. The average molecular weight is 625 g/mol. The molecule has 228 valence electrons. The maximum Gasteiger partial charge on any atom is 0.164 e. The second-order valence-electron chi connectivity index (χ2n) is 12.4. The summed E-state index contributed by atoms with van der Waals surface area (Å²) >= 11 is 0. The van der Waals surface area contributed by atoms with E-state index in [4.69, 9.17) is 15.0 Å². The largest absolute Gasteiger partial charge is 0.309 e. The molecule has 49 heavy (non-hydrogen) atoms. The highest BCUT2D eigenvalue weighted by atomic mass is 15.0. The lowest BCUT2D eigenvalue weighted by Crippen LogP contribution is -2.02. The molecule has 2 heterocycles. The van der Waals surface area contributed by atoms with Crippen LogP contribution in [0.2, 0.25) is 0 Å². The van der Waals surface area contributed by atoms with Crippen LogP contribution in [0.25, 0.3) is 94.0 Å². The first-order chi connectivity index (χ1) is 24.3. The van der Waals surface area contributed by atoms with Gasteiger partial charge in [-0.25, -0.2) is 15.0 Å². The van der Waals surface area contributed by atoms with E-state index in [2.05, 4.69) is 156 Å². The Morgan fingerprint density at radius 1 is 0.327 bits per heavy atom. The highest BCUT2D eigenvalue weighted by molar-refractivity contribution is 6.15. The molecule has 0 aliphatic heterocycles. The van der Waals surface area contributed by atoms with E-state index in [0.29, 0.717) is 17.5 Å². The Balaban J connectivity index is 1.24. The Hall–Kier alpha value is -6.65. The minimum atomic E-state index is 0.646. The zero-order valence-electron chi connectivity index (χ0n) is 26.5. The normalized spacial score (nSPS) is 11.7. The van der Waals surface area contributed by atoms with Crippen molar-refractivity contribution in [1.29, 1.82) is 0 Å². The molecular formula is C45H28N4. The molecule has 2 aromatic heterocycles. The standard InChI is InChI=1S/C45H28N4/c1-2-14-30(15-3-1)43-46-44(37-23-12-18-29-13-6-7-19-33(29)37)48-45(47-43)38-25-26-41(35-21-9-8-20-34(35)38)49-40-24-11-10-22-36(40)39-27-31-16-4-5-17-32(31)28-42(39)49/h1-28H. The third-order valence-electron chi connectivity index (χ3n) is 9.62. The Morgan fingerprint density at radius 2 is 0.898 bits per heavy atom. The molecule has 4 nitrogen and oxygen atoms in total. The van der Waals surface area contributed by atoms with Crippen LogP contribution in [0.5, 0.6) is 0 Å². The van der Waals surface area contributed by atoms with Gasteiger partial charge in [-0.2, -0.15) is 0 Å². The van der Waals surface area contributed by atoms with Gasteiger partial charge in [0, 0.05) is 32.8 Å². The van der Waals surface area contributed by atoms with E-state index in [1.807, 2.05) is 18.2 Å². The van der Waals surface area contributed by atoms with Gasteiger partial charge in [-0.3, -0.25) is 0 Å². The van der Waals surface area contributed by atoms with Crippen LogP contribution >= 0.6 is 0 Å². The van der Waals surface area contributed by atoms with Crippen LogP contribution in [0.3, 0.4) is 0 Å². The molecule has 8 aromatic carbocycles. The van der Waals surface area contributed by atoms with Crippen LogP contribution < -0.4 is 0 Å². The highest BCUT2D eigenvalue weighted by Crippen LogP contribution is 2.39. The molecule has 10 rings (SSSR count). The molecule has 0 unspecified atom stereocenters. The van der Waals surface area contributed by atoms with Crippen LogP contribution in [-0.4, -0.2) is 19.5 Å². The van der Waals surface area contributed by atoms with Crippen LogP contribution in [0.15, 0.2) is 170 Å². The zero-order chi connectivity index (χ0) is 32.3. The van der Waals surface area contributed by atoms with Crippen molar-refractivity contribution in [2.24, 2.45) is 0 Å². The number of fused-ring (bicyclic) bond motifs is 6. The Bertz CT molecular complexity index is 2880. The first-order valence-corrected chi connectivity index (χ1v) is 16.5. The summed E-state index contributed by atoms with van der Waals surface area (Å²) in [4.78, 5) is 15.4. The number of hydrogen-bond donors (Lipinski definition) is 0. The van der Waals surface area contributed by atoms with Gasteiger partial charge >= 0.3 is 0 Å². The van der Waals surface area contributed by atoms with Crippen molar-refractivity contribution >= 4 is 54.1 Å². The van der Waals surface area contributed by atoms with Gasteiger partial charge in [0.2, 0.25) is 0 Å². The third-order valence-corrected chi connectivity index (χ3v) is 9.62. The van der Waals surface area contributed by atoms with Gasteiger partial charge < -0.3 is 4.57 Å². The molecule has 10 aromatic rings. The maximum atomic E-state index is 5.20. The monoisotopic (exact) mass is 624 g/mol. The number of para-hydroxylation sites is 1. The van der Waals surface area contributed by atoms with Crippen molar-refractivity contribution in [1.82, 2.24) is 19.5 Å². The van der Waals surface area contributed by atoms with Crippen LogP contribution in [0.1, 0.15) is 0 Å². The molecule has 0 bridgehead atoms. The van der Waals surface area contributed by atoms with Gasteiger partial charge in [0.15, 0.2) is 17.5 Å². The molecule has 0 amide bonds. The van der Waals surface area contributed by atoms with Crippen LogP contribution in [-0.2, 0) is 0 Å². The number of benzene rings is 8. The summed E-state index contributed by atoms with van der Waals surface area (Å²) in [6.45, 7) is 0. The Morgan fingerprint density at radius 3 is 1.69 bits per heavy atom. The fourth-order valence-corrected chi connectivity index (χ4v) is 7.34. The minimum Gasteiger partial charge on any atom is -0.309 e.